The summed E-state index contributed by atoms with van der Waals surface area (Å²) in [7, 11) is 1.95. The lowest BCUT2D eigenvalue weighted by molar-refractivity contribution is 0.513. The standard InChI is InChI=1S/C15H19Cl2N3/c1-4-20-15(7-10(2)19-20)14(18-3)9-11-8-12(16)5-6-13(11)17/h5-8,14,18H,4,9H2,1-3H3. The monoisotopic (exact) mass is 311 g/mol. The van der Waals surface area contributed by atoms with Gasteiger partial charge in [0.05, 0.1) is 17.4 Å². The van der Waals surface area contributed by atoms with E-state index >= 15 is 0 Å². The Kier molecular flexibility index (Phi) is 5.08. The number of likely N-dealkylation sites (N-methyl/N-ethyl adjacent to an activating group) is 1. The van der Waals surface area contributed by atoms with Gasteiger partial charge < -0.3 is 5.32 Å². The van der Waals surface area contributed by atoms with Gasteiger partial charge in [-0.2, -0.15) is 5.10 Å². The molecule has 0 aliphatic rings. The molecule has 2 rings (SSSR count). The minimum atomic E-state index is 0.159. The van der Waals surface area contributed by atoms with Crippen LogP contribution in [0.15, 0.2) is 24.3 Å². The third kappa shape index (κ3) is 3.35. The fourth-order valence-corrected chi connectivity index (χ4v) is 2.76. The Morgan fingerprint density at radius 1 is 1.30 bits per heavy atom. The number of aromatic nitrogens is 2. The number of hydrogen-bond donors (Lipinski definition) is 1. The van der Waals surface area contributed by atoms with Crippen LogP contribution in [-0.2, 0) is 13.0 Å². The summed E-state index contributed by atoms with van der Waals surface area (Å²) in [5.41, 5.74) is 3.24. The highest BCUT2D eigenvalue weighted by Gasteiger charge is 2.17. The molecule has 0 aliphatic carbocycles. The first-order valence-corrected chi connectivity index (χ1v) is 7.46. The van der Waals surface area contributed by atoms with Gasteiger partial charge in [0, 0.05) is 16.6 Å². The first kappa shape index (κ1) is 15.4. The molecule has 0 saturated heterocycles. The van der Waals surface area contributed by atoms with E-state index in [1.807, 2.05) is 36.9 Å². The molecule has 0 aliphatic heterocycles. The van der Waals surface area contributed by atoms with E-state index in [0.717, 1.165) is 29.2 Å². The predicted molar refractivity (Wildman–Crippen MR) is 84.6 cm³/mol. The quantitative estimate of drug-likeness (QED) is 0.903. The van der Waals surface area contributed by atoms with Crippen molar-refractivity contribution in [2.75, 3.05) is 7.05 Å². The molecule has 1 aromatic heterocycles. The number of nitrogens with one attached hydrogen (secondary N) is 1. The number of hydrogen-bond acceptors (Lipinski definition) is 2. The molecule has 0 bridgehead atoms. The van der Waals surface area contributed by atoms with Gasteiger partial charge in [-0.3, -0.25) is 4.68 Å². The van der Waals surface area contributed by atoms with Gasteiger partial charge in [-0.25, -0.2) is 0 Å². The van der Waals surface area contributed by atoms with Crippen LogP contribution in [0.2, 0.25) is 10.0 Å². The molecular weight excluding hydrogens is 293 g/mol. The maximum atomic E-state index is 6.25. The zero-order valence-electron chi connectivity index (χ0n) is 12.0. The van der Waals surface area contributed by atoms with Crippen LogP contribution in [0, 0.1) is 6.92 Å². The van der Waals surface area contributed by atoms with E-state index in [4.69, 9.17) is 23.2 Å². The fourth-order valence-electron chi connectivity index (χ4n) is 2.37. The first-order valence-electron chi connectivity index (χ1n) is 6.70. The predicted octanol–water partition coefficient (Wildman–Crippen LogP) is 4.02. The molecule has 0 fully saturated rings. The summed E-state index contributed by atoms with van der Waals surface area (Å²) in [5.74, 6) is 0. The Morgan fingerprint density at radius 3 is 2.70 bits per heavy atom. The SMILES string of the molecule is CCn1nc(C)cc1C(Cc1cc(Cl)ccc1Cl)NC. The molecule has 108 valence electrons. The van der Waals surface area contributed by atoms with Crippen molar-refractivity contribution in [3.63, 3.8) is 0 Å². The van der Waals surface area contributed by atoms with Crippen LogP contribution in [0.3, 0.4) is 0 Å². The highest BCUT2D eigenvalue weighted by Crippen LogP contribution is 2.26. The van der Waals surface area contributed by atoms with Gasteiger partial charge in [-0.15, -0.1) is 0 Å². The summed E-state index contributed by atoms with van der Waals surface area (Å²) in [4.78, 5) is 0. The summed E-state index contributed by atoms with van der Waals surface area (Å²) in [6.07, 6.45) is 0.779. The molecule has 0 amide bonds. The van der Waals surface area contributed by atoms with Crippen molar-refractivity contribution in [1.29, 1.82) is 0 Å². The van der Waals surface area contributed by atoms with Crippen molar-refractivity contribution in [2.45, 2.75) is 32.9 Å². The van der Waals surface area contributed by atoms with E-state index in [0.29, 0.717) is 5.02 Å². The van der Waals surface area contributed by atoms with E-state index in [-0.39, 0.29) is 6.04 Å². The van der Waals surface area contributed by atoms with Crippen molar-refractivity contribution in [3.8, 4) is 0 Å². The van der Waals surface area contributed by atoms with Gasteiger partial charge in [0.25, 0.3) is 0 Å². The Balaban J connectivity index is 2.30. The van der Waals surface area contributed by atoms with Crippen molar-refractivity contribution in [3.05, 3.63) is 51.3 Å². The lowest BCUT2D eigenvalue weighted by atomic mass is 10.0. The topological polar surface area (TPSA) is 29.9 Å². The molecule has 1 aromatic carbocycles. The molecule has 0 spiro atoms. The maximum Gasteiger partial charge on any atom is 0.0597 e. The van der Waals surface area contributed by atoms with E-state index in [1.165, 1.54) is 5.69 Å². The number of nitrogens with zero attached hydrogens (tertiary/aromatic N) is 2. The molecule has 1 atom stereocenters. The summed E-state index contributed by atoms with van der Waals surface area (Å²) in [6.45, 7) is 4.95. The summed E-state index contributed by atoms with van der Waals surface area (Å²) in [5, 5.41) is 9.29. The Labute approximate surface area is 129 Å². The molecule has 3 nitrogen and oxygen atoms in total. The summed E-state index contributed by atoms with van der Waals surface area (Å²) >= 11 is 12.3. The van der Waals surface area contributed by atoms with Crippen LogP contribution in [0.1, 0.15) is 29.9 Å². The van der Waals surface area contributed by atoms with Crippen molar-refractivity contribution >= 4 is 23.2 Å². The van der Waals surface area contributed by atoms with Gasteiger partial charge >= 0.3 is 0 Å². The van der Waals surface area contributed by atoms with Crippen molar-refractivity contribution in [1.82, 2.24) is 15.1 Å². The van der Waals surface area contributed by atoms with Crippen LogP contribution >= 0.6 is 23.2 Å². The van der Waals surface area contributed by atoms with Crippen LogP contribution in [-0.4, -0.2) is 16.8 Å². The highest BCUT2D eigenvalue weighted by atomic mass is 35.5. The number of halogens is 2. The first-order chi connectivity index (χ1) is 9.55. The smallest absolute Gasteiger partial charge is 0.0597 e. The lowest BCUT2D eigenvalue weighted by Crippen LogP contribution is -2.22. The zero-order valence-corrected chi connectivity index (χ0v) is 13.5. The Bertz CT molecular complexity index is 593. The average Bonchev–Trinajstić information content (AvgIpc) is 2.80. The van der Waals surface area contributed by atoms with Crippen molar-refractivity contribution in [2.24, 2.45) is 0 Å². The highest BCUT2D eigenvalue weighted by molar-refractivity contribution is 6.33. The third-order valence-electron chi connectivity index (χ3n) is 3.37. The lowest BCUT2D eigenvalue weighted by Gasteiger charge is -2.18. The molecule has 1 heterocycles. The van der Waals surface area contributed by atoms with Crippen LogP contribution in [0.25, 0.3) is 0 Å². The summed E-state index contributed by atoms with van der Waals surface area (Å²) in [6, 6.07) is 7.85. The second-order valence-corrected chi connectivity index (χ2v) is 5.65. The van der Waals surface area contributed by atoms with Crippen LogP contribution in [0.5, 0.6) is 0 Å². The van der Waals surface area contributed by atoms with E-state index in [1.54, 1.807) is 0 Å². The van der Waals surface area contributed by atoms with Crippen molar-refractivity contribution < 1.29 is 0 Å². The number of rotatable bonds is 5. The third-order valence-corrected chi connectivity index (χ3v) is 3.97. The van der Waals surface area contributed by atoms with E-state index < -0.39 is 0 Å². The summed E-state index contributed by atoms with van der Waals surface area (Å²) < 4.78 is 2.02. The maximum absolute atomic E-state index is 6.25. The van der Waals surface area contributed by atoms with E-state index in [2.05, 4.69) is 23.4 Å². The van der Waals surface area contributed by atoms with Gasteiger partial charge in [-0.05, 0) is 57.1 Å². The number of aryl methyl sites for hydroxylation is 2. The molecular formula is C15H19Cl2N3. The second kappa shape index (κ2) is 6.61. The molecule has 5 heteroatoms. The number of benzene rings is 1. The van der Waals surface area contributed by atoms with Crippen LogP contribution in [0.4, 0.5) is 0 Å². The molecule has 2 aromatic rings. The Hall–Kier alpha value is -1.03. The van der Waals surface area contributed by atoms with Gasteiger partial charge in [0.15, 0.2) is 0 Å². The normalized spacial score (nSPS) is 12.7. The largest absolute Gasteiger partial charge is 0.311 e. The fraction of sp³-hybridized carbons (Fsp3) is 0.400. The van der Waals surface area contributed by atoms with E-state index in [9.17, 15) is 0 Å². The molecule has 0 saturated carbocycles. The minimum Gasteiger partial charge on any atom is -0.311 e. The van der Waals surface area contributed by atoms with Gasteiger partial charge in [0.2, 0.25) is 0 Å². The minimum absolute atomic E-state index is 0.159. The average molecular weight is 312 g/mol. The Morgan fingerprint density at radius 2 is 2.05 bits per heavy atom. The van der Waals surface area contributed by atoms with Crippen LogP contribution < -0.4 is 5.32 Å². The molecule has 1 N–H and O–H groups in total. The molecule has 1 unspecified atom stereocenters. The van der Waals surface area contributed by atoms with Gasteiger partial charge in [-0.1, -0.05) is 23.2 Å². The van der Waals surface area contributed by atoms with Gasteiger partial charge in [0.1, 0.15) is 0 Å². The second-order valence-electron chi connectivity index (χ2n) is 4.81. The molecule has 0 radical (unpaired) electrons. The molecule has 20 heavy (non-hydrogen) atoms. The zero-order chi connectivity index (χ0) is 14.7.